The largest absolute Gasteiger partial charge is 0.449 e. The minimum atomic E-state index is -0.476. The van der Waals surface area contributed by atoms with Gasteiger partial charge in [-0.25, -0.2) is 4.79 Å². The van der Waals surface area contributed by atoms with Crippen LogP contribution in [0.5, 0.6) is 5.88 Å². The van der Waals surface area contributed by atoms with Crippen molar-refractivity contribution in [2.45, 2.75) is 25.6 Å². The summed E-state index contributed by atoms with van der Waals surface area (Å²) in [6.07, 6.45) is 0.0635. The number of benzene rings is 1. The molecule has 2 aromatic rings. The molecule has 1 aliphatic heterocycles. The molecular formula is C17H20N2O4. The molecule has 0 saturated heterocycles. The first-order chi connectivity index (χ1) is 11.0. The van der Waals surface area contributed by atoms with Gasteiger partial charge < -0.3 is 9.47 Å². The summed E-state index contributed by atoms with van der Waals surface area (Å²) in [4.78, 5) is 24.8. The van der Waals surface area contributed by atoms with Gasteiger partial charge in [0, 0.05) is 33.0 Å². The highest BCUT2D eigenvalue weighted by Crippen LogP contribution is 2.37. The molecule has 0 radical (unpaired) electrons. The van der Waals surface area contributed by atoms with Crippen molar-refractivity contribution in [1.82, 2.24) is 9.13 Å². The predicted molar refractivity (Wildman–Crippen MR) is 85.9 cm³/mol. The molecule has 2 unspecified atom stereocenters. The maximum Gasteiger partial charge on any atom is 0.333 e. The molecule has 2 atom stereocenters. The van der Waals surface area contributed by atoms with E-state index in [2.05, 4.69) is 0 Å². The van der Waals surface area contributed by atoms with E-state index in [9.17, 15) is 9.59 Å². The van der Waals surface area contributed by atoms with E-state index in [1.807, 2.05) is 37.3 Å². The Hall–Kier alpha value is -2.34. The average molecular weight is 316 g/mol. The summed E-state index contributed by atoms with van der Waals surface area (Å²) in [5, 5.41) is 0. The molecule has 0 bridgehead atoms. The van der Waals surface area contributed by atoms with Gasteiger partial charge in [-0.05, 0) is 12.5 Å². The van der Waals surface area contributed by atoms with Crippen LogP contribution >= 0.6 is 0 Å². The van der Waals surface area contributed by atoms with Crippen LogP contribution in [0.4, 0.5) is 0 Å². The Morgan fingerprint density at radius 3 is 2.52 bits per heavy atom. The van der Waals surface area contributed by atoms with E-state index in [0.29, 0.717) is 24.5 Å². The topological polar surface area (TPSA) is 62.5 Å². The number of ether oxygens (including phenoxy) is 2. The Bertz CT molecular complexity index is 823. The highest BCUT2D eigenvalue weighted by Gasteiger charge is 2.35. The summed E-state index contributed by atoms with van der Waals surface area (Å²) in [7, 11) is 3.10. The van der Waals surface area contributed by atoms with Gasteiger partial charge in [0.25, 0.3) is 5.56 Å². The Kier molecular flexibility index (Phi) is 4.09. The number of hydrogen-bond acceptors (Lipinski definition) is 4. The number of hydrogen-bond donors (Lipinski definition) is 0. The van der Waals surface area contributed by atoms with Crippen molar-refractivity contribution in [3.05, 3.63) is 62.3 Å². The molecule has 6 nitrogen and oxygen atoms in total. The minimum absolute atomic E-state index is 0.165. The van der Waals surface area contributed by atoms with Crippen molar-refractivity contribution in [1.29, 1.82) is 0 Å². The molecule has 0 spiro atoms. The molecule has 122 valence electrons. The third-order valence-electron chi connectivity index (χ3n) is 4.22. The van der Waals surface area contributed by atoms with Crippen molar-refractivity contribution < 1.29 is 9.47 Å². The van der Waals surface area contributed by atoms with Crippen LogP contribution < -0.4 is 16.0 Å². The predicted octanol–water partition coefficient (Wildman–Crippen LogP) is 1.36. The third kappa shape index (κ3) is 2.59. The summed E-state index contributed by atoms with van der Waals surface area (Å²) in [6.45, 7) is 2.39. The first-order valence-corrected chi connectivity index (χ1v) is 7.67. The molecule has 0 N–H and O–H groups in total. The van der Waals surface area contributed by atoms with Gasteiger partial charge in [-0.2, -0.15) is 0 Å². The van der Waals surface area contributed by atoms with Gasteiger partial charge in [-0.15, -0.1) is 0 Å². The van der Waals surface area contributed by atoms with Gasteiger partial charge in [-0.3, -0.25) is 13.9 Å². The van der Waals surface area contributed by atoms with E-state index in [4.69, 9.17) is 9.47 Å². The number of nitrogens with zero attached hydrogens (tertiary/aromatic N) is 2. The second-order valence-electron chi connectivity index (χ2n) is 5.63. The Labute approximate surface area is 133 Å². The van der Waals surface area contributed by atoms with E-state index >= 15 is 0 Å². The molecule has 0 aliphatic carbocycles. The molecule has 1 aromatic carbocycles. The van der Waals surface area contributed by atoms with Crippen LogP contribution in [0.1, 0.15) is 30.4 Å². The zero-order chi connectivity index (χ0) is 16.6. The summed E-state index contributed by atoms with van der Waals surface area (Å²) in [6, 6.07) is 9.77. The molecule has 2 heterocycles. The third-order valence-corrected chi connectivity index (χ3v) is 4.22. The quantitative estimate of drug-likeness (QED) is 0.858. The number of rotatable bonds is 3. The lowest BCUT2D eigenvalue weighted by molar-refractivity contribution is -0.0943. The highest BCUT2D eigenvalue weighted by molar-refractivity contribution is 5.39. The van der Waals surface area contributed by atoms with Crippen molar-refractivity contribution in [3.8, 4) is 5.88 Å². The van der Waals surface area contributed by atoms with E-state index in [1.54, 1.807) is 7.05 Å². The second-order valence-corrected chi connectivity index (χ2v) is 5.63. The minimum Gasteiger partial charge on any atom is -0.449 e. The Morgan fingerprint density at radius 2 is 1.87 bits per heavy atom. The monoisotopic (exact) mass is 316 g/mol. The van der Waals surface area contributed by atoms with Gasteiger partial charge in [0.2, 0.25) is 12.2 Å². The van der Waals surface area contributed by atoms with Gasteiger partial charge in [-0.1, -0.05) is 30.3 Å². The van der Waals surface area contributed by atoms with Crippen LogP contribution in [-0.2, 0) is 18.8 Å². The summed E-state index contributed by atoms with van der Waals surface area (Å²) >= 11 is 0. The zero-order valence-corrected chi connectivity index (χ0v) is 13.5. The fraction of sp³-hybridized carbons (Fsp3) is 0.412. The van der Waals surface area contributed by atoms with Crippen LogP contribution in [0, 0.1) is 0 Å². The summed E-state index contributed by atoms with van der Waals surface area (Å²) in [5.41, 5.74) is 0.805. The van der Waals surface area contributed by atoms with Crippen molar-refractivity contribution in [2.24, 2.45) is 14.1 Å². The fourth-order valence-electron chi connectivity index (χ4n) is 3.05. The first-order valence-electron chi connectivity index (χ1n) is 7.67. The van der Waals surface area contributed by atoms with Gasteiger partial charge in [0.05, 0.1) is 5.56 Å². The Balaban J connectivity index is 2.24. The lowest BCUT2D eigenvalue weighted by Gasteiger charge is -2.32. The summed E-state index contributed by atoms with van der Waals surface area (Å²) in [5.74, 6) is 0.138. The van der Waals surface area contributed by atoms with E-state index in [0.717, 1.165) is 10.1 Å². The van der Waals surface area contributed by atoms with Gasteiger partial charge in [0.15, 0.2) is 0 Å². The number of aromatic nitrogens is 2. The molecule has 0 fully saturated rings. The zero-order valence-electron chi connectivity index (χ0n) is 13.5. The van der Waals surface area contributed by atoms with Crippen LogP contribution in [0.15, 0.2) is 39.9 Å². The molecule has 0 saturated carbocycles. The van der Waals surface area contributed by atoms with Crippen molar-refractivity contribution >= 4 is 0 Å². The van der Waals surface area contributed by atoms with Crippen LogP contribution in [0.3, 0.4) is 0 Å². The first kappa shape index (κ1) is 15.6. The standard InChI is InChI=1S/C17H20N2O4/c1-4-22-13-10-12(11-8-6-5-7-9-11)14-15(20)18(2)17(21)19(3)16(14)23-13/h5-9,12-13H,4,10H2,1-3H3. The molecular weight excluding hydrogens is 296 g/mol. The van der Waals surface area contributed by atoms with E-state index in [-0.39, 0.29) is 11.5 Å². The smallest absolute Gasteiger partial charge is 0.333 e. The SMILES string of the molecule is CCOC1CC(c2ccccc2)c2c(n(C)c(=O)n(C)c2=O)O1. The normalized spacial score (nSPS) is 20.0. The maximum atomic E-state index is 12.7. The van der Waals surface area contributed by atoms with Crippen LogP contribution in [0.25, 0.3) is 0 Å². The van der Waals surface area contributed by atoms with E-state index < -0.39 is 12.0 Å². The summed E-state index contributed by atoms with van der Waals surface area (Å²) < 4.78 is 13.9. The molecule has 1 aromatic heterocycles. The second kappa shape index (κ2) is 6.04. The molecule has 3 rings (SSSR count). The van der Waals surface area contributed by atoms with E-state index in [1.165, 1.54) is 11.6 Å². The van der Waals surface area contributed by atoms with Crippen LogP contribution in [0.2, 0.25) is 0 Å². The molecule has 6 heteroatoms. The maximum absolute atomic E-state index is 12.7. The lowest BCUT2D eigenvalue weighted by atomic mass is 9.88. The number of fused-ring (bicyclic) bond motifs is 1. The fourth-order valence-corrected chi connectivity index (χ4v) is 3.05. The van der Waals surface area contributed by atoms with Crippen LogP contribution in [-0.4, -0.2) is 22.0 Å². The lowest BCUT2D eigenvalue weighted by Crippen LogP contribution is -2.44. The van der Waals surface area contributed by atoms with Gasteiger partial charge >= 0.3 is 5.69 Å². The highest BCUT2D eigenvalue weighted by atomic mass is 16.7. The molecule has 0 amide bonds. The van der Waals surface area contributed by atoms with Gasteiger partial charge in [0.1, 0.15) is 0 Å². The van der Waals surface area contributed by atoms with Crippen molar-refractivity contribution in [3.63, 3.8) is 0 Å². The average Bonchev–Trinajstić information content (AvgIpc) is 2.58. The van der Waals surface area contributed by atoms with Crippen molar-refractivity contribution in [2.75, 3.05) is 6.61 Å². The molecule has 23 heavy (non-hydrogen) atoms. The molecule has 1 aliphatic rings. The Morgan fingerprint density at radius 1 is 1.17 bits per heavy atom.